The first-order chi connectivity index (χ1) is 11.3. The highest BCUT2D eigenvalue weighted by Gasteiger charge is 2.23. The third-order valence-electron chi connectivity index (χ3n) is 4.38. The van der Waals surface area contributed by atoms with Crippen molar-refractivity contribution in [2.45, 2.75) is 6.42 Å². The lowest BCUT2D eigenvalue weighted by molar-refractivity contribution is -0.116. The molecule has 1 aliphatic rings. The lowest BCUT2D eigenvalue weighted by Crippen LogP contribution is -2.34. The first-order valence-electron chi connectivity index (χ1n) is 7.92. The Bertz CT molecular complexity index is 872. The van der Waals surface area contributed by atoms with Crippen LogP contribution in [-0.4, -0.2) is 19.0 Å². The van der Waals surface area contributed by atoms with Crippen LogP contribution >= 0.6 is 0 Å². The molecule has 23 heavy (non-hydrogen) atoms. The lowest BCUT2D eigenvalue weighted by Gasteiger charge is -2.18. The van der Waals surface area contributed by atoms with Gasteiger partial charge in [-0.05, 0) is 41.0 Å². The SMILES string of the molecule is O=C(CNc1ccc2ccccc2c1)N1CCc2ccccc21. The van der Waals surface area contributed by atoms with Crippen molar-refractivity contribution in [2.24, 2.45) is 0 Å². The van der Waals surface area contributed by atoms with Gasteiger partial charge in [0.1, 0.15) is 0 Å². The van der Waals surface area contributed by atoms with Crippen LogP contribution in [0.3, 0.4) is 0 Å². The van der Waals surface area contributed by atoms with Crippen LogP contribution in [-0.2, 0) is 11.2 Å². The van der Waals surface area contributed by atoms with Crippen LogP contribution in [0.4, 0.5) is 11.4 Å². The summed E-state index contributed by atoms with van der Waals surface area (Å²) in [6.07, 6.45) is 0.942. The standard InChI is InChI=1S/C20H18N2O/c23-20(22-12-11-16-6-3-4-8-19(16)22)14-21-18-10-9-15-5-1-2-7-17(15)13-18/h1-10,13,21H,11-12,14H2. The summed E-state index contributed by atoms with van der Waals surface area (Å²) in [5, 5.41) is 5.64. The second-order valence-corrected chi connectivity index (χ2v) is 5.84. The molecule has 114 valence electrons. The molecule has 3 nitrogen and oxygen atoms in total. The van der Waals surface area contributed by atoms with E-state index in [0.717, 1.165) is 24.3 Å². The zero-order valence-corrected chi connectivity index (χ0v) is 12.8. The minimum Gasteiger partial charge on any atom is -0.376 e. The Morgan fingerprint density at radius 2 is 1.74 bits per heavy atom. The number of fused-ring (bicyclic) bond motifs is 2. The number of carbonyl (C=O) groups is 1. The van der Waals surface area contributed by atoms with Crippen molar-refractivity contribution in [1.82, 2.24) is 0 Å². The summed E-state index contributed by atoms with van der Waals surface area (Å²) >= 11 is 0. The van der Waals surface area contributed by atoms with E-state index in [-0.39, 0.29) is 5.91 Å². The third kappa shape index (κ3) is 2.66. The van der Waals surface area contributed by atoms with Gasteiger partial charge in [0.05, 0.1) is 6.54 Å². The van der Waals surface area contributed by atoms with E-state index < -0.39 is 0 Å². The number of para-hydroxylation sites is 1. The maximum atomic E-state index is 12.5. The number of hydrogen-bond acceptors (Lipinski definition) is 2. The second-order valence-electron chi connectivity index (χ2n) is 5.84. The molecule has 0 saturated heterocycles. The molecule has 1 amide bonds. The zero-order chi connectivity index (χ0) is 15.6. The summed E-state index contributed by atoms with van der Waals surface area (Å²) in [7, 11) is 0. The maximum Gasteiger partial charge on any atom is 0.246 e. The molecule has 1 aliphatic heterocycles. The molecule has 0 spiro atoms. The number of anilines is 2. The highest BCUT2D eigenvalue weighted by atomic mass is 16.2. The molecule has 0 unspecified atom stereocenters. The zero-order valence-electron chi connectivity index (χ0n) is 12.8. The minimum absolute atomic E-state index is 0.114. The molecule has 3 aromatic rings. The van der Waals surface area contributed by atoms with Crippen molar-refractivity contribution in [3.8, 4) is 0 Å². The summed E-state index contributed by atoms with van der Waals surface area (Å²) in [6, 6.07) is 22.5. The van der Waals surface area contributed by atoms with Gasteiger partial charge in [0.15, 0.2) is 0 Å². The predicted molar refractivity (Wildman–Crippen MR) is 94.9 cm³/mol. The first kappa shape index (κ1) is 13.8. The summed E-state index contributed by atoms with van der Waals surface area (Å²) in [5.41, 5.74) is 3.29. The summed E-state index contributed by atoms with van der Waals surface area (Å²) in [6.45, 7) is 1.09. The van der Waals surface area contributed by atoms with Crippen LogP contribution in [0.2, 0.25) is 0 Å². The number of carbonyl (C=O) groups excluding carboxylic acids is 1. The molecular weight excluding hydrogens is 284 g/mol. The highest BCUT2D eigenvalue weighted by molar-refractivity contribution is 5.98. The molecule has 3 heteroatoms. The van der Waals surface area contributed by atoms with Crippen molar-refractivity contribution in [1.29, 1.82) is 0 Å². The van der Waals surface area contributed by atoms with E-state index in [1.807, 2.05) is 41.3 Å². The van der Waals surface area contributed by atoms with E-state index in [9.17, 15) is 4.79 Å². The smallest absolute Gasteiger partial charge is 0.246 e. The van der Waals surface area contributed by atoms with Gasteiger partial charge in [0.2, 0.25) is 5.91 Å². The summed E-state index contributed by atoms with van der Waals surface area (Å²) in [5.74, 6) is 0.114. The number of rotatable bonds is 3. The molecule has 4 rings (SSSR count). The van der Waals surface area contributed by atoms with Crippen LogP contribution in [0.15, 0.2) is 66.7 Å². The largest absolute Gasteiger partial charge is 0.376 e. The van der Waals surface area contributed by atoms with Crippen LogP contribution < -0.4 is 10.2 Å². The second kappa shape index (κ2) is 5.76. The van der Waals surface area contributed by atoms with Crippen molar-refractivity contribution >= 4 is 28.1 Å². The average Bonchev–Trinajstić information content (AvgIpc) is 3.03. The lowest BCUT2D eigenvalue weighted by atomic mass is 10.1. The Balaban J connectivity index is 1.47. The van der Waals surface area contributed by atoms with E-state index in [2.05, 4.69) is 35.6 Å². The van der Waals surface area contributed by atoms with Crippen LogP contribution in [0.5, 0.6) is 0 Å². The van der Waals surface area contributed by atoms with Crippen molar-refractivity contribution < 1.29 is 4.79 Å². The molecule has 1 heterocycles. The average molecular weight is 302 g/mol. The van der Waals surface area contributed by atoms with Gasteiger partial charge in [-0.3, -0.25) is 4.79 Å². The number of nitrogens with one attached hydrogen (secondary N) is 1. The van der Waals surface area contributed by atoms with E-state index in [1.165, 1.54) is 16.3 Å². The summed E-state index contributed by atoms with van der Waals surface area (Å²) in [4.78, 5) is 14.4. The van der Waals surface area contributed by atoms with E-state index in [0.29, 0.717) is 6.54 Å². The first-order valence-corrected chi connectivity index (χ1v) is 7.92. The van der Waals surface area contributed by atoms with Gasteiger partial charge in [-0.1, -0.05) is 48.5 Å². The Morgan fingerprint density at radius 1 is 0.957 bits per heavy atom. The van der Waals surface area contributed by atoms with Gasteiger partial charge in [-0.25, -0.2) is 0 Å². The molecule has 0 saturated carbocycles. The molecule has 0 atom stereocenters. The van der Waals surface area contributed by atoms with Gasteiger partial charge in [-0.15, -0.1) is 0 Å². The van der Waals surface area contributed by atoms with Crippen molar-refractivity contribution in [3.05, 3.63) is 72.3 Å². The van der Waals surface area contributed by atoms with Crippen molar-refractivity contribution in [3.63, 3.8) is 0 Å². The Labute approximate surface area is 135 Å². The molecule has 1 N–H and O–H groups in total. The molecule has 0 aliphatic carbocycles. The van der Waals surface area contributed by atoms with E-state index in [1.54, 1.807) is 0 Å². The minimum atomic E-state index is 0.114. The number of hydrogen-bond donors (Lipinski definition) is 1. The topological polar surface area (TPSA) is 32.3 Å². The summed E-state index contributed by atoms with van der Waals surface area (Å²) < 4.78 is 0. The highest BCUT2D eigenvalue weighted by Crippen LogP contribution is 2.27. The van der Waals surface area contributed by atoms with E-state index in [4.69, 9.17) is 0 Å². The molecular formula is C20H18N2O. The Kier molecular flexibility index (Phi) is 3.46. The predicted octanol–water partition coefficient (Wildman–Crippen LogP) is 3.84. The maximum absolute atomic E-state index is 12.5. The van der Waals surface area contributed by atoms with Crippen LogP contribution in [0.1, 0.15) is 5.56 Å². The Hall–Kier alpha value is -2.81. The number of nitrogens with zero attached hydrogens (tertiary/aromatic N) is 1. The van der Waals surface area contributed by atoms with Crippen molar-refractivity contribution in [2.75, 3.05) is 23.3 Å². The van der Waals surface area contributed by atoms with Crippen LogP contribution in [0.25, 0.3) is 10.8 Å². The fraction of sp³-hybridized carbons (Fsp3) is 0.150. The fourth-order valence-corrected chi connectivity index (χ4v) is 3.17. The van der Waals surface area contributed by atoms with Gasteiger partial charge < -0.3 is 10.2 Å². The Morgan fingerprint density at radius 3 is 2.65 bits per heavy atom. The van der Waals surface area contributed by atoms with Gasteiger partial charge in [0.25, 0.3) is 0 Å². The molecule has 0 aromatic heterocycles. The molecule has 0 bridgehead atoms. The number of amides is 1. The van der Waals surface area contributed by atoms with E-state index >= 15 is 0 Å². The van der Waals surface area contributed by atoms with Gasteiger partial charge in [-0.2, -0.15) is 0 Å². The van der Waals surface area contributed by atoms with Crippen LogP contribution in [0, 0.1) is 0 Å². The normalized spacial score (nSPS) is 13.1. The number of benzene rings is 3. The molecule has 0 fully saturated rings. The van der Waals surface area contributed by atoms with Gasteiger partial charge in [0, 0.05) is 17.9 Å². The quantitative estimate of drug-likeness (QED) is 0.797. The fourth-order valence-electron chi connectivity index (χ4n) is 3.17. The van der Waals surface area contributed by atoms with Gasteiger partial charge >= 0.3 is 0 Å². The molecule has 0 radical (unpaired) electrons. The molecule has 3 aromatic carbocycles. The third-order valence-corrected chi connectivity index (χ3v) is 4.38. The monoisotopic (exact) mass is 302 g/mol.